The molecule has 0 saturated carbocycles. The molecule has 0 fully saturated rings. The van der Waals surface area contributed by atoms with Crippen LogP contribution in [0.3, 0.4) is 0 Å². The molecule has 0 aliphatic heterocycles. The highest BCUT2D eigenvalue weighted by atomic mass is 16.5. The first-order chi connectivity index (χ1) is 26.6. The molecule has 0 aliphatic rings. The number of carbonyl (C=O) groups excluding carboxylic acids is 1. The maximum atomic E-state index is 13.9. The monoisotopic (exact) mass is 740 g/mol. The van der Waals surface area contributed by atoms with Crippen LogP contribution in [0.1, 0.15) is 62.3 Å². The summed E-state index contributed by atoms with van der Waals surface area (Å²) < 4.78 is 6.09. The van der Waals surface area contributed by atoms with E-state index in [1.807, 2.05) is 103 Å². The second kappa shape index (κ2) is 18.1. The molecule has 6 aromatic rings. The summed E-state index contributed by atoms with van der Waals surface area (Å²) in [6.45, 7) is 3.96. The molecule has 1 heterocycles. The lowest BCUT2D eigenvalue weighted by Gasteiger charge is -2.24. The van der Waals surface area contributed by atoms with E-state index in [2.05, 4.69) is 15.6 Å². The van der Waals surface area contributed by atoms with Crippen LogP contribution in [0.15, 0.2) is 132 Å². The van der Waals surface area contributed by atoms with Crippen LogP contribution in [-0.2, 0) is 13.2 Å². The molecule has 0 bridgehead atoms. The molecule has 282 valence electrons. The number of amides is 2. The number of H-pyrrole nitrogens is 1. The zero-order valence-corrected chi connectivity index (χ0v) is 30.4. The second-order valence-corrected chi connectivity index (χ2v) is 13.4. The summed E-state index contributed by atoms with van der Waals surface area (Å²) in [4.78, 5) is 41.7. The Morgan fingerprint density at radius 1 is 0.836 bits per heavy atom. The van der Waals surface area contributed by atoms with E-state index >= 15 is 0 Å². The van der Waals surface area contributed by atoms with Crippen molar-refractivity contribution in [2.75, 3.05) is 19.6 Å². The van der Waals surface area contributed by atoms with Crippen molar-refractivity contribution in [1.82, 2.24) is 20.5 Å². The summed E-state index contributed by atoms with van der Waals surface area (Å²) in [6.07, 6.45) is -1.38. The standard InChI is InChI=1S/C44H44N4O7/c1-29-11-13-30(14-12-29)27-48(24-6-23-45-26-39(50)36-19-21-38(49)42-37(36)20-22-40(51)46-42)43(52)33-17-15-31(16-18-33)28-55-35-10-5-9-34(25-35)41(47-44(53)54)32-7-3-2-4-8-32/h2-5,7-22,25,39,41,45,47,49-50H,6,23-24,26-28H2,1H3,(H,46,51)(H,53,54)/t39-,41-/m0/s1. The molecule has 11 heteroatoms. The summed E-state index contributed by atoms with van der Waals surface area (Å²) in [6, 6.07) is 37.6. The van der Waals surface area contributed by atoms with E-state index in [1.165, 1.54) is 12.1 Å². The van der Waals surface area contributed by atoms with Gasteiger partial charge in [-0.2, -0.15) is 0 Å². The highest BCUT2D eigenvalue weighted by Crippen LogP contribution is 2.29. The van der Waals surface area contributed by atoms with Crippen LogP contribution in [-0.4, -0.2) is 56.8 Å². The number of fused-ring (bicyclic) bond motifs is 1. The highest BCUT2D eigenvalue weighted by Gasteiger charge is 2.19. The van der Waals surface area contributed by atoms with Crippen molar-refractivity contribution < 1.29 is 29.6 Å². The SMILES string of the molecule is Cc1ccc(CN(CCCNC[C@H](O)c2ccc(O)c3[nH]c(=O)ccc23)C(=O)c2ccc(COc3cccc([C@@H](NC(=O)O)c4ccccc4)c3)cc2)cc1. The van der Waals surface area contributed by atoms with Crippen LogP contribution in [0.25, 0.3) is 10.9 Å². The largest absolute Gasteiger partial charge is 0.506 e. The van der Waals surface area contributed by atoms with E-state index in [4.69, 9.17) is 4.74 Å². The van der Waals surface area contributed by atoms with Crippen LogP contribution < -0.4 is 20.9 Å². The van der Waals surface area contributed by atoms with E-state index in [9.17, 15) is 29.7 Å². The van der Waals surface area contributed by atoms with Crippen molar-refractivity contribution in [1.29, 1.82) is 0 Å². The number of pyridine rings is 1. The number of hydrogen-bond acceptors (Lipinski definition) is 7. The van der Waals surface area contributed by atoms with Crippen molar-refractivity contribution >= 4 is 22.9 Å². The number of benzene rings is 5. The molecule has 0 saturated heterocycles. The number of aliphatic hydroxyl groups excluding tert-OH is 1. The minimum atomic E-state index is -1.12. The van der Waals surface area contributed by atoms with E-state index < -0.39 is 18.2 Å². The molecule has 0 aliphatic carbocycles. The summed E-state index contributed by atoms with van der Waals surface area (Å²) in [5, 5.41) is 37.0. The third-order valence-corrected chi connectivity index (χ3v) is 9.36. The summed E-state index contributed by atoms with van der Waals surface area (Å²) >= 11 is 0. The first-order valence-corrected chi connectivity index (χ1v) is 18.1. The van der Waals surface area contributed by atoms with Crippen LogP contribution in [0.2, 0.25) is 0 Å². The minimum absolute atomic E-state index is 0.0645. The zero-order chi connectivity index (χ0) is 38.7. The number of nitrogens with one attached hydrogen (secondary N) is 3. The predicted molar refractivity (Wildman–Crippen MR) is 211 cm³/mol. The Bertz CT molecular complexity index is 2280. The molecule has 55 heavy (non-hydrogen) atoms. The molecular formula is C44H44N4O7. The predicted octanol–water partition coefficient (Wildman–Crippen LogP) is 6.83. The van der Waals surface area contributed by atoms with Crippen molar-refractivity contribution in [3.8, 4) is 11.5 Å². The van der Waals surface area contributed by atoms with Gasteiger partial charge < -0.3 is 40.6 Å². The van der Waals surface area contributed by atoms with Gasteiger partial charge in [-0.25, -0.2) is 4.79 Å². The normalized spacial score (nSPS) is 12.2. The Kier molecular flexibility index (Phi) is 12.6. The Labute approximate surface area is 318 Å². The molecule has 5 aromatic carbocycles. The summed E-state index contributed by atoms with van der Waals surface area (Å²) in [7, 11) is 0. The van der Waals surface area contributed by atoms with Crippen molar-refractivity contribution in [3.63, 3.8) is 0 Å². The van der Waals surface area contributed by atoms with Crippen LogP contribution in [0.5, 0.6) is 11.5 Å². The number of aryl methyl sites for hydroxylation is 1. The molecule has 2 atom stereocenters. The minimum Gasteiger partial charge on any atom is -0.506 e. The van der Waals surface area contributed by atoms with Gasteiger partial charge in [0.15, 0.2) is 0 Å². The molecule has 6 rings (SSSR count). The van der Waals surface area contributed by atoms with Crippen LogP contribution >= 0.6 is 0 Å². The molecule has 6 N–H and O–H groups in total. The lowest BCUT2D eigenvalue weighted by Crippen LogP contribution is -2.33. The topological polar surface area (TPSA) is 164 Å². The van der Waals surface area contributed by atoms with E-state index in [0.29, 0.717) is 48.3 Å². The fourth-order valence-corrected chi connectivity index (χ4v) is 6.46. The lowest BCUT2D eigenvalue weighted by atomic mass is 9.98. The smallest absolute Gasteiger partial charge is 0.405 e. The number of aromatic hydroxyl groups is 1. The summed E-state index contributed by atoms with van der Waals surface area (Å²) in [5.74, 6) is 0.414. The van der Waals surface area contributed by atoms with Gasteiger partial charge in [0.1, 0.15) is 18.1 Å². The number of rotatable bonds is 16. The van der Waals surface area contributed by atoms with Gasteiger partial charge in [0, 0.05) is 36.7 Å². The molecule has 2 amide bonds. The highest BCUT2D eigenvalue weighted by molar-refractivity contribution is 5.94. The van der Waals surface area contributed by atoms with Gasteiger partial charge in [-0.1, -0.05) is 90.5 Å². The van der Waals surface area contributed by atoms with E-state index in [1.54, 1.807) is 24.3 Å². The van der Waals surface area contributed by atoms with E-state index in [0.717, 1.165) is 27.8 Å². The number of phenols is 1. The zero-order valence-electron chi connectivity index (χ0n) is 30.4. The van der Waals surface area contributed by atoms with Crippen molar-refractivity contribution in [3.05, 3.63) is 177 Å². The number of aromatic nitrogens is 1. The number of hydrogen-bond donors (Lipinski definition) is 6. The average molecular weight is 741 g/mol. The van der Waals surface area contributed by atoms with Gasteiger partial charge in [0.25, 0.3) is 5.91 Å². The molecule has 0 spiro atoms. The maximum absolute atomic E-state index is 13.9. The molecule has 11 nitrogen and oxygen atoms in total. The number of carbonyl (C=O) groups is 2. The molecule has 0 unspecified atom stereocenters. The first kappa shape index (κ1) is 38.3. The Morgan fingerprint density at radius 3 is 2.31 bits per heavy atom. The van der Waals surface area contributed by atoms with Gasteiger partial charge in [-0.15, -0.1) is 0 Å². The lowest BCUT2D eigenvalue weighted by molar-refractivity contribution is 0.0740. The fraction of sp³-hybridized carbons (Fsp3) is 0.205. The Balaban J connectivity index is 1.07. The number of nitrogens with zero attached hydrogens (tertiary/aromatic N) is 1. The van der Waals surface area contributed by atoms with Crippen molar-refractivity contribution in [2.45, 2.75) is 38.6 Å². The van der Waals surface area contributed by atoms with Gasteiger partial charge in [0.05, 0.1) is 17.7 Å². The second-order valence-electron chi connectivity index (χ2n) is 13.4. The number of carboxylic acid groups (broad SMARTS) is 1. The van der Waals surface area contributed by atoms with Gasteiger partial charge >= 0.3 is 6.09 Å². The number of aromatic amines is 1. The quantitative estimate of drug-likeness (QED) is 0.0588. The molecular weight excluding hydrogens is 697 g/mol. The van der Waals surface area contributed by atoms with Crippen LogP contribution in [0, 0.1) is 6.92 Å². The van der Waals surface area contributed by atoms with E-state index in [-0.39, 0.29) is 35.9 Å². The molecule has 0 radical (unpaired) electrons. The van der Waals surface area contributed by atoms with Crippen molar-refractivity contribution in [2.24, 2.45) is 0 Å². The van der Waals surface area contributed by atoms with Gasteiger partial charge in [-0.05, 0) is 84.1 Å². The fourth-order valence-electron chi connectivity index (χ4n) is 6.46. The first-order valence-electron chi connectivity index (χ1n) is 18.1. The van der Waals surface area contributed by atoms with Gasteiger partial charge in [0.2, 0.25) is 5.56 Å². The number of phenolic OH excluding ortho intramolecular Hbond substituents is 1. The third kappa shape index (κ3) is 10.2. The Morgan fingerprint density at radius 2 is 1.56 bits per heavy atom. The molecule has 1 aromatic heterocycles. The maximum Gasteiger partial charge on any atom is 0.405 e. The third-order valence-electron chi connectivity index (χ3n) is 9.36. The average Bonchev–Trinajstić information content (AvgIpc) is 3.20. The Hall–Kier alpha value is -6.43. The summed E-state index contributed by atoms with van der Waals surface area (Å²) in [5.41, 5.74) is 5.64. The number of aliphatic hydroxyl groups is 1. The number of ether oxygens (including phenoxy) is 1. The van der Waals surface area contributed by atoms with Crippen LogP contribution in [0.4, 0.5) is 4.79 Å². The van der Waals surface area contributed by atoms with Gasteiger partial charge in [-0.3, -0.25) is 9.59 Å².